The molecule has 4 aromatic rings. The zero-order chi connectivity index (χ0) is 19.1. The van der Waals surface area contributed by atoms with Crippen LogP contribution in [0.2, 0.25) is 0 Å². The minimum atomic E-state index is -0.499. The van der Waals surface area contributed by atoms with E-state index in [1.165, 1.54) is 0 Å². The van der Waals surface area contributed by atoms with Crippen molar-refractivity contribution >= 4 is 22.6 Å². The topological polar surface area (TPSA) is 104 Å². The first-order valence-corrected chi connectivity index (χ1v) is 9.77. The predicted octanol–water partition coefficient (Wildman–Crippen LogP) is 3.16. The van der Waals surface area contributed by atoms with Gasteiger partial charge in [0.15, 0.2) is 5.65 Å². The van der Waals surface area contributed by atoms with E-state index in [-0.39, 0.29) is 0 Å². The number of hydrogen-bond acceptors (Lipinski definition) is 6. The molecule has 1 aliphatic rings. The average molecular weight is 377 g/mol. The number of aromatic amines is 1. The first-order chi connectivity index (χ1) is 13.6. The number of anilines is 1. The third-order valence-corrected chi connectivity index (χ3v) is 5.87. The Balaban J connectivity index is 1.38. The van der Waals surface area contributed by atoms with Gasteiger partial charge in [-0.05, 0) is 38.2 Å². The van der Waals surface area contributed by atoms with Crippen LogP contribution < -0.4 is 5.32 Å². The van der Waals surface area contributed by atoms with Crippen molar-refractivity contribution in [1.29, 1.82) is 0 Å². The summed E-state index contributed by atoms with van der Waals surface area (Å²) in [6.45, 7) is 2.05. The number of hydrogen-bond donors (Lipinski definition) is 3. The van der Waals surface area contributed by atoms with Crippen LogP contribution >= 0.6 is 0 Å². The SMILES string of the molecule is CCC1(O)CCC(Nc2ncc3c(-c4ccn5nccc5n4)c[nH]c3n2)CC1. The molecule has 0 saturated heterocycles. The van der Waals surface area contributed by atoms with E-state index >= 15 is 0 Å². The summed E-state index contributed by atoms with van der Waals surface area (Å²) in [5.74, 6) is 0.618. The fraction of sp³-hybridized carbons (Fsp3) is 0.400. The van der Waals surface area contributed by atoms with Crippen molar-refractivity contribution in [2.24, 2.45) is 0 Å². The van der Waals surface area contributed by atoms with Gasteiger partial charge >= 0.3 is 0 Å². The predicted molar refractivity (Wildman–Crippen MR) is 107 cm³/mol. The molecule has 4 heterocycles. The Bertz CT molecular complexity index is 1120. The molecule has 1 aliphatic carbocycles. The molecule has 0 radical (unpaired) electrons. The van der Waals surface area contributed by atoms with Crippen LogP contribution in [0.3, 0.4) is 0 Å². The van der Waals surface area contributed by atoms with Crippen LogP contribution in [0.1, 0.15) is 39.0 Å². The van der Waals surface area contributed by atoms with Gasteiger partial charge in [-0.3, -0.25) is 0 Å². The number of rotatable bonds is 4. The number of fused-ring (bicyclic) bond motifs is 2. The number of aromatic nitrogens is 6. The van der Waals surface area contributed by atoms with Crippen LogP contribution in [0.4, 0.5) is 5.95 Å². The minimum absolute atomic E-state index is 0.296. The molecule has 8 nitrogen and oxygen atoms in total. The summed E-state index contributed by atoms with van der Waals surface area (Å²) in [7, 11) is 0. The Morgan fingerprint density at radius 2 is 2.14 bits per heavy atom. The van der Waals surface area contributed by atoms with Gasteiger partial charge in [0.1, 0.15) is 5.65 Å². The highest BCUT2D eigenvalue weighted by Gasteiger charge is 2.31. The van der Waals surface area contributed by atoms with Gasteiger partial charge in [0.25, 0.3) is 0 Å². The summed E-state index contributed by atoms with van der Waals surface area (Å²) >= 11 is 0. The molecule has 0 unspecified atom stereocenters. The molecule has 1 fully saturated rings. The summed E-state index contributed by atoms with van der Waals surface area (Å²) in [4.78, 5) is 17.0. The van der Waals surface area contributed by atoms with Crippen LogP contribution in [0, 0.1) is 0 Å². The maximum Gasteiger partial charge on any atom is 0.224 e. The molecular weight excluding hydrogens is 354 g/mol. The Kier molecular flexibility index (Phi) is 4.01. The lowest BCUT2D eigenvalue weighted by atomic mass is 9.80. The standard InChI is InChI=1S/C20H23N7O/c1-2-20(28)7-3-13(4-8-20)24-19-22-12-15-14(11-21-18(15)26-19)16-6-10-27-17(25-16)5-9-23-27/h5-6,9-13,28H,2-4,7-8H2,1H3,(H2,21,22,24,26). The molecular formula is C20H23N7O. The van der Waals surface area contributed by atoms with E-state index in [0.717, 1.165) is 60.0 Å². The van der Waals surface area contributed by atoms with Crippen LogP contribution in [0.25, 0.3) is 27.9 Å². The first kappa shape index (κ1) is 17.1. The van der Waals surface area contributed by atoms with Gasteiger partial charge in [0.05, 0.1) is 17.5 Å². The Morgan fingerprint density at radius 1 is 1.29 bits per heavy atom. The molecule has 5 rings (SSSR count). The van der Waals surface area contributed by atoms with E-state index in [0.29, 0.717) is 12.0 Å². The Labute approximate surface area is 162 Å². The normalized spacial score (nSPS) is 22.7. The van der Waals surface area contributed by atoms with Crippen molar-refractivity contribution in [3.05, 3.63) is 36.9 Å². The van der Waals surface area contributed by atoms with Gasteiger partial charge in [-0.15, -0.1) is 0 Å². The van der Waals surface area contributed by atoms with Crippen LogP contribution in [-0.2, 0) is 0 Å². The minimum Gasteiger partial charge on any atom is -0.390 e. The highest BCUT2D eigenvalue weighted by molar-refractivity contribution is 5.92. The molecule has 1 saturated carbocycles. The third-order valence-electron chi connectivity index (χ3n) is 5.87. The van der Waals surface area contributed by atoms with E-state index in [9.17, 15) is 5.11 Å². The quantitative estimate of drug-likeness (QED) is 0.505. The number of H-pyrrole nitrogens is 1. The largest absolute Gasteiger partial charge is 0.390 e. The monoisotopic (exact) mass is 377 g/mol. The van der Waals surface area contributed by atoms with E-state index in [1.807, 2.05) is 37.6 Å². The van der Waals surface area contributed by atoms with Crippen LogP contribution in [-0.4, -0.2) is 46.3 Å². The second-order valence-electron chi connectivity index (χ2n) is 7.60. The van der Waals surface area contributed by atoms with Crippen molar-refractivity contribution in [2.45, 2.75) is 50.7 Å². The maximum atomic E-state index is 10.4. The Hall–Kier alpha value is -3.00. The van der Waals surface area contributed by atoms with E-state index < -0.39 is 5.60 Å². The van der Waals surface area contributed by atoms with Gasteiger partial charge in [-0.1, -0.05) is 6.92 Å². The summed E-state index contributed by atoms with van der Waals surface area (Å²) in [5.41, 5.74) is 2.91. The van der Waals surface area contributed by atoms with Gasteiger partial charge < -0.3 is 15.4 Å². The molecule has 3 N–H and O–H groups in total. The lowest BCUT2D eigenvalue weighted by molar-refractivity contribution is -0.00197. The first-order valence-electron chi connectivity index (χ1n) is 9.77. The molecule has 0 atom stereocenters. The third kappa shape index (κ3) is 2.99. The molecule has 0 amide bonds. The van der Waals surface area contributed by atoms with E-state index in [1.54, 1.807) is 10.7 Å². The van der Waals surface area contributed by atoms with Crippen molar-refractivity contribution in [3.8, 4) is 11.3 Å². The van der Waals surface area contributed by atoms with E-state index in [4.69, 9.17) is 0 Å². The average Bonchev–Trinajstić information content (AvgIpc) is 3.35. The smallest absolute Gasteiger partial charge is 0.224 e. The van der Waals surface area contributed by atoms with Crippen LogP contribution in [0.5, 0.6) is 0 Å². The number of aliphatic hydroxyl groups is 1. The van der Waals surface area contributed by atoms with Gasteiger partial charge in [-0.25, -0.2) is 14.5 Å². The molecule has 144 valence electrons. The molecule has 0 aliphatic heterocycles. The lowest BCUT2D eigenvalue weighted by Crippen LogP contribution is -2.38. The second-order valence-corrected chi connectivity index (χ2v) is 7.60. The maximum absolute atomic E-state index is 10.4. The zero-order valence-electron chi connectivity index (χ0n) is 15.8. The van der Waals surface area contributed by atoms with Crippen LogP contribution in [0.15, 0.2) is 36.9 Å². The number of nitrogens with zero attached hydrogens (tertiary/aromatic N) is 5. The molecule has 0 spiro atoms. The highest BCUT2D eigenvalue weighted by Crippen LogP contribution is 2.32. The summed E-state index contributed by atoms with van der Waals surface area (Å²) in [6.07, 6.45) is 11.7. The molecule has 28 heavy (non-hydrogen) atoms. The zero-order valence-corrected chi connectivity index (χ0v) is 15.8. The summed E-state index contributed by atoms with van der Waals surface area (Å²) in [6, 6.07) is 4.11. The van der Waals surface area contributed by atoms with E-state index in [2.05, 4.69) is 30.4 Å². The molecule has 0 aromatic carbocycles. The summed E-state index contributed by atoms with van der Waals surface area (Å²) < 4.78 is 1.74. The highest BCUT2D eigenvalue weighted by atomic mass is 16.3. The van der Waals surface area contributed by atoms with Gasteiger partial charge in [0, 0.05) is 41.6 Å². The van der Waals surface area contributed by atoms with Crippen molar-refractivity contribution in [2.75, 3.05) is 5.32 Å². The molecule has 0 bridgehead atoms. The second kappa shape index (κ2) is 6.56. The fourth-order valence-corrected chi connectivity index (χ4v) is 3.99. The Morgan fingerprint density at radius 3 is 2.96 bits per heavy atom. The molecule has 8 heteroatoms. The molecule has 4 aromatic heterocycles. The van der Waals surface area contributed by atoms with Crippen molar-refractivity contribution in [1.82, 2.24) is 29.5 Å². The summed E-state index contributed by atoms with van der Waals surface area (Å²) in [5, 5.41) is 18.9. The number of nitrogens with one attached hydrogen (secondary N) is 2. The fourth-order valence-electron chi connectivity index (χ4n) is 3.99. The van der Waals surface area contributed by atoms with Gasteiger partial charge in [-0.2, -0.15) is 10.1 Å². The lowest BCUT2D eigenvalue weighted by Gasteiger charge is -2.35. The van der Waals surface area contributed by atoms with Crippen molar-refractivity contribution in [3.63, 3.8) is 0 Å². The van der Waals surface area contributed by atoms with Gasteiger partial charge in [0.2, 0.25) is 5.95 Å². The van der Waals surface area contributed by atoms with Crippen molar-refractivity contribution < 1.29 is 5.11 Å².